The van der Waals surface area contributed by atoms with Crippen LogP contribution in [0.25, 0.3) is 0 Å². The van der Waals surface area contributed by atoms with Gasteiger partial charge in [-0.1, -0.05) is 19.8 Å². The molecule has 1 N–H and O–H groups in total. The first-order valence-electron chi connectivity index (χ1n) is 7.80. The van der Waals surface area contributed by atoms with Crippen LogP contribution < -0.4 is 5.32 Å². The number of nitrogens with zero attached hydrogens (tertiary/aromatic N) is 2. The van der Waals surface area contributed by atoms with Crippen LogP contribution in [0.3, 0.4) is 0 Å². The number of nitrogens with one attached hydrogen (secondary N) is 1. The van der Waals surface area contributed by atoms with Gasteiger partial charge in [0.15, 0.2) is 5.11 Å². The maximum atomic E-state index is 5.67. The molecule has 1 saturated carbocycles. The smallest absolute Gasteiger partial charge is 0.169 e. The van der Waals surface area contributed by atoms with Crippen molar-refractivity contribution in [2.24, 2.45) is 5.92 Å². The highest BCUT2D eigenvalue weighted by molar-refractivity contribution is 7.80. The van der Waals surface area contributed by atoms with E-state index in [0.717, 1.165) is 24.1 Å². The number of hydrogen-bond acceptors (Lipinski definition) is 2. The summed E-state index contributed by atoms with van der Waals surface area (Å²) in [6.07, 6.45) is 7.93. The standard InChI is InChI=1S/C15H29N3S/c1-12-7-4-5-9-14(12)16-15(19)18-10-6-8-13(18)11-17(2)3/h12-14H,4-11H2,1-3H3,(H,16,19). The van der Waals surface area contributed by atoms with Crippen molar-refractivity contribution in [3.05, 3.63) is 0 Å². The van der Waals surface area contributed by atoms with Gasteiger partial charge in [0, 0.05) is 25.2 Å². The molecule has 2 aliphatic rings. The van der Waals surface area contributed by atoms with E-state index in [1.54, 1.807) is 0 Å². The van der Waals surface area contributed by atoms with Crippen LogP contribution in [-0.4, -0.2) is 54.2 Å². The molecule has 3 atom stereocenters. The molecule has 1 aliphatic carbocycles. The molecule has 0 amide bonds. The summed E-state index contributed by atoms with van der Waals surface area (Å²) in [4.78, 5) is 4.70. The highest BCUT2D eigenvalue weighted by Gasteiger charge is 2.29. The molecule has 2 fully saturated rings. The van der Waals surface area contributed by atoms with E-state index >= 15 is 0 Å². The van der Waals surface area contributed by atoms with Crippen molar-refractivity contribution in [2.45, 2.75) is 57.5 Å². The highest BCUT2D eigenvalue weighted by atomic mass is 32.1. The van der Waals surface area contributed by atoms with Crippen LogP contribution in [0.2, 0.25) is 0 Å². The van der Waals surface area contributed by atoms with Crippen molar-refractivity contribution in [3.8, 4) is 0 Å². The van der Waals surface area contributed by atoms with E-state index in [1.807, 2.05) is 0 Å². The second kappa shape index (κ2) is 6.89. The van der Waals surface area contributed by atoms with Crippen LogP contribution in [0, 0.1) is 5.92 Å². The zero-order chi connectivity index (χ0) is 13.8. The molecule has 1 aliphatic heterocycles. The Kier molecular flexibility index (Phi) is 5.46. The van der Waals surface area contributed by atoms with Gasteiger partial charge in [-0.15, -0.1) is 0 Å². The zero-order valence-electron chi connectivity index (χ0n) is 12.7. The number of rotatable bonds is 3. The Labute approximate surface area is 123 Å². The van der Waals surface area contributed by atoms with E-state index in [9.17, 15) is 0 Å². The van der Waals surface area contributed by atoms with Crippen molar-refractivity contribution >= 4 is 17.3 Å². The molecule has 3 nitrogen and oxygen atoms in total. The monoisotopic (exact) mass is 283 g/mol. The molecule has 0 bridgehead atoms. The third-order valence-corrected chi connectivity index (χ3v) is 4.99. The lowest BCUT2D eigenvalue weighted by Gasteiger charge is -2.35. The normalized spacial score (nSPS) is 31.8. The molecule has 3 unspecified atom stereocenters. The molecule has 4 heteroatoms. The predicted octanol–water partition coefficient (Wildman–Crippen LogP) is 2.47. The molecule has 0 aromatic carbocycles. The van der Waals surface area contributed by atoms with Gasteiger partial charge in [0.05, 0.1) is 0 Å². The minimum absolute atomic E-state index is 0.599. The van der Waals surface area contributed by atoms with E-state index in [-0.39, 0.29) is 0 Å². The SMILES string of the molecule is CC1CCCCC1NC(=S)N1CCCC1CN(C)C. The largest absolute Gasteiger partial charge is 0.360 e. The summed E-state index contributed by atoms with van der Waals surface area (Å²) >= 11 is 5.67. The molecule has 2 rings (SSSR count). The molecular formula is C15H29N3S. The average Bonchev–Trinajstić information content (AvgIpc) is 2.79. The van der Waals surface area contributed by atoms with Gasteiger partial charge >= 0.3 is 0 Å². The lowest BCUT2D eigenvalue weighted by atomic mass is 9.86. The molecule has 110 valence electrons. The molecule has 0 aromatic rings. The first kappa shape index (κ1) is 15.0. The summed E-state index contributed by atoms with van der Waals surface area (Å²) in [7, 11) is 4.30. The minimum atomic E-state index is 0.599. The van der Waals surface area contributed by atoms with Crippen molar-refractivity contribution in [3.63, 3.8) is 0 Å². The van der Waals surface area contributed by atoms with Gasteiger partial charge in [0.2, 0.25) is 0 Å². The number of thiocarbonyl (C=S) groups is 1. The zero-order valence-corrected chi connectivity index (χ0v) is 13.5. The Bertz CT molecular complexity index is 306. The maximum Gasteiger partial charge on any atom is 0.169 e. The number of likely N-dealkylation sites (tertiary alicyclic amines) is 1. The predicted molar refractivity (Wildman–Crippen MR) is 85.4 cm³/mol. The van der Waals surface area contributed by atoms with Crippen molar-refractivity contribution in [1.82, 2.24) is 15.1 Å². The van der Waals surface area contributed by atoms with Gasteiger partial charge in [-0.05, 0) is 57.9 Å². The van der Waals surface area contributed by atoms with Crippen molar-refractivity contribution in [2.75, 3.05) is 27.2 Å². The van der Waals surface area contributed by atoms with Gasteiger partial charge in [-0.2, -0.15) is 0 Å². The first-order valence-corrected chi connectivity index (χ1v) is 8.20. The van der Waals surface area contributed by atoms with E-state index < -0.39 is 0 Å². The van der Waals surface area contributed by atoms with Crippen molar-refractivity contribution in [1.29, 1.82) is 0 Å². The van der Waals surface area contributed by atoms with Crippen LogP contribution in [-0.2, 0) is 0 Å². The molecule has 1 saturated heterocycles. The van der Waals surface area contributed by atoms with Gasteiger partial charge in [-0.25, -0.2) is 0 Å². The van der Waals surface area contributed by atoms with E-state index in [2.05, 4.69) is 36.1 Å². The van der Waals surface area contributed by atoms with Gasteiger partial charge < -0.3 is 15.1 Å². The Morgan fingerprint density at radius 2 is 1.95 bits per heavy atom. The summed E-state index contributed by atoms with van der Waals surface area (Å²) in [6, 6.07) is 1.20. The quantitative estimate of drug-likeness (QED) is 0.802. The molecule has 0 aromatic heterocycles. The van der Waals surface area contributed by atoms with Crippen molar-refractivity contribution < 1.29 is 0 Å². The van der Waals surface area contributed by atoms with Crippen LogP contribution in [0.5, 0.6) is 0 Å². The lowest BCUT2D eigenvalue weighted by molar-refractivity contribution is 0.266. The molecule has 19 heavy (non-hydrogen) atoms. The second-order valence-corrected chi connectivity index (χ2v) is 6.96. The fraction of sp³-hybridized carbons (Fsp3) is 0.933. The van der Waals surface area contributed by atoms with E-state index in [4.69, 9.17) is 12.2 Å². The second-order valence-electron chi connectivity index (χ2n) is 6.57. The summed E-state index contributed by atoms with van der Waals surface area (Å²) in [5.74, 6) is 0.765. The van der Waals surface area contributed by atoms with E-state index in [1.165, 1.54) is 38.5 Å². The van der Waals surface area contributed by atoms with Crippen LogP contribution >= 0.6 is 12.2 Å². The Morgan fingerprint density at radius 3 is 2.63 bits per heavy atom. The molecular weight excluding hydrogens is 254 g/mol. The average molecular weight is 283 g/mol. The summed E-state index contributed by atoms with van der Waals surface area (Å²) in [5, 5.41) is 4.66. The summed E-state index contributed by atoms with van der Waals surface area (Å²) in [6.45, 7) is 4.61. The minimum Gasteiger partial charge on any atom is -0.360 e. The molecule has 0 radical (unpaired) electrons. The lowest BCUT2D eigenvalue weighted by Crippen LogP contribution is -2.51. The third kappa shape index (κ3) is 4.06. The van der Waals surface area contributed by atoms with Gasteiger partial charge in [0.25, 0.3) is 0 Å². The number of likely N-dealkylation sites (N-methyl/N-ethyl adjacent to an activating group) is 1. The Hall–Kier alpha value is -0.350. The fourth-order valence-electron chi connectivity index (χ4n) is 3.49. The Morgan fingerprint density at radius 1 is 1.21 bits per heavy atom. The molecule has 1 heterocycles. The Balaban J connectivity index is 1.87. The van der Waals surface area contributed by atoms with Gasteiger partial charge in [-0.3, -0.25) is 0 Å². The molecule has 0 spiro atoms. The van der Waals surface area contributed by atoms with Crippen LogP contribution in [0.1, 0.15) is 45.4 Å². The van der Waals surface area contributed by atoms with E-state index in [0.29, 0.717) is 12.1 Å². The summed E-state index contributed by atoms with van der Waals surface area (Å²) in [5.41, 5.74) is 0. The van der Waals surface area contributed by atoms with Crippen LogP contribution in [0.15, 0.2) is 0 Å². The highest BCUT2D eigenvalue weighted by Crippen LogP contribution is 2.25. The maximum absolute atomic E-state index is 5.67. The summed E-state index contributed by atoms with van der Waals surface area (Å²) < 4.78 is 0. The van der Waals surface area contributed by atoms with Gasteiger partial charge in [0.1, 0.15) is 0 Å². The fourth-order valence-corrected chi connectivity index (χ4v) is 3.88. The van der Waals surface area contributed by atoms with Crippen LogP contribution in [0.4, 0.5) is 0 Å². The topological polar surface area (TPSA) is 18.5 Å². The number of hydrogen-bond donors (Lipinski definition) is 1. The third-order valence-electron chi connectivity index (χ3n) is 4.63. The first-order chi connectivity index (χ1) is 9.08.